The third-order valence-corrected chi connectivity index (χ3v) is 6.97. The summed E-state index contributed by atoms with van der Waals surface area (Å²) in [5, 5.41) is 4.01. The highest BCUT2D eigenvalue weighted by molar-refractivity contribution is 7.98. The van der Waals surface area contributed by atoms with Gasteiger partial charge in [-0.1, -0.05) is 60.8 Å². The number of rotatable bonds is 8. The Morgan fingerprint density at radius 1 is 1.12 bits per heavy atom. The van der Waals surface area contributed by atoms with Crippen molar-refractivity contribution in [2.75, 3.05) is 11.9 Å². The van der Waals surface area contributed by atoms with Gasteiger partial charge in [0, 0.05) is 36.7 Å². The van der Waals surface area contributed by atoms with Crippen molar-refractivity contribution in [3.05, 3.63) is 76.7 Å². The van der Waals surface area contributed by atoms with E-state index in [0.717, 1.165) is 17.1 Å². The van der Waals surface area contributed by atoms with Gasteiger partial charge < -0.3 is 10.2 Å². The Kier molecular flexibility index (Phi) is 8.18. The highest BCUT2D eigenvalue weighted by Gasteiger charge is 2.20. The molecule has 0 aliphatic heterocycles. The van der Waals surface area contributed by atoms with Gasteiger partial charge in [-0.3, -0.25) is 9.78 Å². The molecule has 3 aromatic rings. The largest absolute Gasteiger partial charge is 0.357 e. The first kappa shape index (κ1) is 23.5. The number of hydrogen-bond donors (Lipinski definition) is 1. The van der Waals surface area contributed by atoms with E-state index in [-0.39, 0.29) is 5.91 Å². The van der Waals surface area contributed by atoms with Crippen LogP contribution in [0.4, 0.5) is 5.82 Å². The number of amides is 1. The van der Waals surface area contributed by atoms with Crippen molar-refractivity contribution >= 4 is 35.1 Å². The standard InChI is InChI=1S/C25H28ClN5OS/c1-31(21-11-3-2-4-12-21)23-15-22(26)29-25(30-23)33-17-18-8-7-9-19(14-18)24(32)28-16-20-10-5-6-13-27-20/h5-10,13-15,21H,2-4,11-12,16-17H2,1H3,(H,28,32). The summed E-state index contributed by atoms with van der Waals surface area (Å²) in [5.41, 5.74) is 2.47. The van der Waals surface area contributed by atoms with Crippen LogP contribution < -0.4 is 10.2 Å². The smallest absolute Gasteiger partial charge is 0.251 e. The fourth-order valence-corrected chi connectivity index (χ4v) is 5.04. The van der Waals surface area contributed by atoms with E-state index in [9.17, 15) is 4.79 Å². The predicted octanol–water partition coefficient (Wildman–Crippen LogP) is 5.52. The number of anilines is 1. The number of aromatic nitrogens is 3. The predicted molar refractivity (Wildman–Crippen MR) is 134 cm³/mol. The molecule has 2 aromatic heterocycles. The second kappa shape index (κ2) is 11.5. The molecule has 172 valence electrons. The SMILES string of the molecule is CN(c1cc(Cl)nc(SCc2cccc(C(=O)NCc3ccccn3)c2)n1)C1CCCCC1. The van der Waals surface area contributed by atoms with Crippen molar-refractivity contribution in [2.24, 2.45) is 0 Å². The van der Waals surface area contributed by atoms with Crippen LogP contribution in [-0.4, -0.2) is 33.9 Å². The highest BCUT2D eigenvalue weighted by atomic mass is 35.5. The molecule has 0 bridgehead atoms. The molecule has 0 spiro atoms. The Balaban J connectivity index is 1.38. The molecule has 2 heterocycles. The Hall–Kier alpha value is -2.64. The van der Waals surface area contributed by atoms with Gasteiger partial charge in [-0.2, -0.15) is 0 Å². The van der Waals surface area contributed by atoms with Crippen molar-refractivity contribution in [3.8, 4) is 0 Å². The summed E-state index contributed by atoms with van der Waals surface area (Å²) in [4.78, 5) is 28.2. The van der Waals surface area contributed by atoms with Crippen molar-refractivity contribution in [2.45, 2.75) is 55.6 Å². The lowest BCUT2D eigenvalue weighted by Gasteiger charge is -2.32. The molecule has 33 heavy (non-hydrogen) atoms. The van der Waals surface area contributed by atoms with E-state index in [4.69, 9.17) is 16.6 Å². The molecule has 1 N–H and O–H groups in total. The first-order valence-corrected chi connectivity index (χ1v) is 12.6. The maximum absolute atomic E-state index is 12.6. The number of nitrogens with zero attached hydrogens (tertiary/aromatic N) is 4. The maximum atomic E-state index is 12.6. The molecule has 1 amide bonds. The van der Waals surface area contributed by atoms with Crippen molar-refractivity contribution in [1.29, 1.82) is 0 Å². The monoisotopic (exact) mass is 481 g/mol. The minimum atomic E-state index is -0.122. The normalized spacial score (nSPS) is 14.1. The van der Waals surface area contributed by atoms with Crippen LogP contribution in [0.3, 0.4) is 0 Å². The van der Waals surface area contributed by atoms with Gasteiger partial charge >= 0.3 is 0 Å². The Bertz CT molecular complexity index is 1080. The topological polar surface area (TPSA) is 71.0 Å². The van der Waals surface area contributed by atoms with Crippen molar-refractivity contribution in [1.82, 2.24) is 20.3 Å². The van der Waals surface area contributed by atoms with Gasteiger partial charge in [-0.05, 0) is 42.7 Å². The number of hydrogen-bond acceptors (Lipinski definition) is 6. The molecule has 0 radical (unpaired) electrons. The molecular weight excluding hydrogens is 454 g/mol. The highest BCUT2D eigenvalue weighted by Crippen LogP contribution is 2.29. The van der Waals surface area contributed by atoms with Crippen LogP contribution in [0.2, 0.25) is 5.15 Å². The van der Waals surface area contributed by atoms with Crippen LogP contribution in [0.5, 0.6) is 0 Å². The second-order valence-corrected chi connectivity index (χ2v) is 9.56. The molecule has 6 nitrogen and oxygen atoms in total. The lowest BCUT2D eigenvalue weighted by molar-refractivity contribution is 0.0950. The molecule has 0 unspecified atom stereocenters. The number of pyridine rings is 1. The molecule has 1 aliphatic carbocycles. The van der Waals surface area contributed by atoms with Crippen molar-refractivity contribution < 1.29 is 4.79 Å². The third kappa shape index (κ3) is 6.68. The van der Waals surface area contributed by atoms with E-state index in [1.54, 1.807) is 6.20 Å². The van der Waals surface area contributed by atoms with Crippen LogP contribution in [0.25, 0.3) is 0 Å². The lowest BCUT2D eigenvalue weighted by Crippen LogP contribution is -2.34. The first-order valence-electron chi connectivity index (χ1n) is 11.3. The molecule has 0 saturated heterocycles. The van der Waals surface area contributed by atoms with Gasteiger partial charge in [-0.25, -0.2) is 9.97 Å². The first-order chi connectivity index (χ1) is 16.1. The molecule has 0 atom stereocenters. The molecular formula is C25H28ClN5OS. The second-order valence-electron chi connectivity index (χ2n) is 8.23. The lowest BCUT2D eigenvalue weighted by atomic mass is 9.94. The average Bonchev–Trinajstić information content (AvgIpc) is 2.86. The van der Waals surface area contributed by atoms with Gasteiger partial charge in [0.25, 0.3) is 5.91 Å². The number of benzene rings is 1. The summed E-state index contributed by atoms with van der Waals surface area (Å²) in [5.74, 6) is 1.39. The molecule has 1 fully saturated rings. The number of carbonyl (C=O) groups excluding carboxylic acids is 1. The molecule has 1 saturated carbocycles. The summed E-state index contributed by atoms with van der Waals surface area (Å²) < 4.78 is 0. The van der Waals surface area contributed by atoms with E-state index in [0.29, 0.717) is 34.2 Å². The average molecular weight is 482 g/mol. The van der Waals surface area contributed by atoms with E-state index >= 15 is 0 Å². The zero-order valence-electron chi connectivity index (χ0n) is 18.7. The van der Waals surface area contributed by atoms with Crippen LogP contribution in [0.15, 0.2) is 59.9 Å². The van der Waals surface area contributed by atoms with E-state index < -0.39 is 0 Å². The molecule has 4 rings (SSSR count). The summed E-state index contributed by atoms with van der Waals surface area (Å²) in [6.45, 7) is 0.395. The molecule has 8 heteroatoms. The number of thioether (sulfide) groups is 1. The summed E-state index contributed by atoms with van der Waals surface area (Å²) >= 11 is 7.84. The fraction of sp³-hybridized carbons (Fsp3) is 0.360. The van der Waals surface area contributed by atoms with Crippen LogP contribution >= 0.6 is 23.4 Å². The molecule has 1 aromatic carbocycles. The van der Waals surface area contributed by atoms with Crippen LogP contribution in [0, 0.1) is 0 Å². The number of nitrogens with one attached hydrogen (secondary N) is 1. The Morgan fingerprint density at radius 3 is 2.76 bits per heavy atom. The Labute approximate surface area is 204 Å². The molecule has 1 aliphatic rings. The van der Waals surface area contributed by atoms with Gasteiger partial charge in [0.15, 0.2) is 5.16 Å². The zero-order valence-corrected chi connectivity index (χ0v) is 20.3. The van der Waals surface area contributed by atoms with E-state index in [1.807, 2.05) is 48.5 Å². The quantitative estimate of drug-likeness (QED) is 0.259. The van der Waals surface area contributed by atoms with Gasteiger partial charge in [0.2, 0.25) is 0 Å². The van der Waals surface area contributed by atoms with E-state index in [1.165, 1.54) is 43.9 Å². The summed E-state index contributed by atoms with van der Waals surface area (Å²) in [6.07, 6.45) is 7.94. The van der Waals surface area contributed by atoms with Gasteiger partial charge in [0.05, 0.1) is 12.2 Å². The van der Waals surface area contributed by atoms with Gasteiger partial charge in [-0.15, -0.1) is 0 Å². The summed E-state index contributed by atoms with van der Waals surface area (Å²) in [7, 11) is 2.09. The zero-order chi connectivity index (χ0) is 23.0. The van der Waals surface area contributed by atoms with E-state index in [2.05, 4.69) is 27.2 Å². The number of halogens is 1. The van der Waals surface area contributed by atoms with Crippen LogP contribution in [-0.2, 0) is 12.3 Å². The number of carbonyl (C=O) groups is 1. The van der Waals surface area contributed by atoms with Crippen molar-refractivity contribution in [3.63, 3.8) is 0 Å². The Morgan fingerprint density at radius 2 is 1.97 bits per heavy atom. The third-order valence-electron chi connectivity index (χ3n) is 5.86. The maximum Gasteiger partial charge on any atom is 0.251 e. The van der Waals surface area contributed by atoms with Gasteiger partial charge in [0.1, 0.15) is 11.0 Å². The summed E-state index contributed by atoms with van der Waals surface area (Å²) in [6, 6.07) is 15.6. The fourth-order valence-electron chi connectivity index (χ4n) is 4.01. The minimum absolute atomic E-state index is 0.122. The van der Waals surface area contributed by atoms with Crippen LogP contribution in [0.1, 0.15) is 53.7 Å². The minimum Gasteiger partial charge on any atom is -0.357 e.